The zero-order valence-corrected chi connectivity index (χ0v) is 11.8. The number of nitrogens with one attached hydrogen (secondary N) is 1. The zero-order chi connectivity index (χ0) is 12.4. The first-order chi connectivity index (χ1) is 8.87. The molecule has 0 bridgehead atoms. The second-order valence-electron chi connectivity index (χ2n) is 6.37. The van der Waals surface area contributed by atoms with Crippen molar-refractivity contribution in [1.82, 2.24) is 10.2 Å². The first-order valence-electron chi connectivity index (χ1n) is 7.87. The lowest BCUT2D eigenvalue weighted by Gasteiger charge is -2.52. The molecule has 3 nitrogen and oxygen atoms in total. The Morgan fingerprint density at radius 2 is 1.78 bits per heavy atom. The molecule has 3 rings (SSSR count). The van der Waals surface area contributed by atoms with Gasteiger partial charge in [0.15, 0.2) is 0 Å². The molecule has 0 aromatic heterocycles. The predicted octanol–water partition coefficient (Wildman–Crippen LogP) is 2.02. The van der Waals surface area contributed by atoms with Crippen molar-refractivity contribution >= 4 is 0 Å². The monoisotopic (exact) mass is 252 g/mol. The Hall–Kier alpha value is -0.120. The summed E-state index contributed by atoms with van der Waals surface area (Å²) in [5.41, 5.74) is 0.448. The average molecular weight is 252 g/mol. The second-order valence-corrected chi connectivity index (χ2v) is 6.37. The highest BCUT2D eigenvalue weighted by molar-refractivity contribution is 5.07. The van der Waals surface area contributed by atoms with Crippen LogP contribution in [0.3, 0.4) is 0 Å². The molecule has 1 N–H and O–H groups in total. The molecule has 1 atom stereocenters. The third-order valence-electron chi connectivity index (χ3n) is 5.62. The van der Waals surface area contributed by atoms with Crippen molar-refractivity contribution in [2.45, 2.75) is 56.5 Å². The van der Waals surface area contributed by atoms with E-state index in [2.05, 4.69) is 17.3 Å². The highest BCUT2D eigenvalue weighted by Crippen LogP contribution is 2.45. The molecule has 0 aromatic carbocycles. The third-order valence-corrected chi connectivity index (χ3v) is 5.62. The molecule has 1 heterocycles. The minimum absolute atomic E-state index is 0.448. The Labute approximate surface area is 111 Å². The van der Waals surface area contributed by atoms with Gasteiger partial charge in [0.2, 0.25) is 0 Å². The molecule has 0 aromatic rings. The van der Waals surface area contributed by atoms with E-state index in [1.54, 1.807) is 0 Å². The largest absolute Gasteiger partial charge is 0.379 e. The van der Waals surface area contributed by atoms with Crippen LogP contribution in [0.5, 0.6) is 0 Å². The average Bonchev–Trinajstić information content (AvgIpc) is 2.85. The molecule has 3 fully saturated rings. The first kappa shape index (κ1) is 12.9. The van der Waals surface area contributed by atoms with Gasteiger partial charge in [-0.1, -0.05) is 19.3 Å². The zero-order valence-electron chi connectivity index (χ0n) is 11.8. The smallest absolute Gasteiger partial charge is 0.0594 e. The van der Waals surface area contributed by atoms with Gasteiger partial charge in [0.1, 0.15) is 0 Å². The number of nitrogens with zero attached hydrogens (tertiary/aromatic N) is 1. The summed E-state index contributed by atoms with van der Waals surface area (Å²) in [6.45, 7) is 4.15. The number of likely N-dealkylation sites (N-methyl/N-ethyl adjacent to an activating group) is 1. The Bertz CT molecular complexity index is 266. The fraction of sp³-hybridized carbons (Fsp3) is 1.00. The van der Waals surface area contributed by atoms with E-state index in [-0.39, 0.29) is 0 Å². The lowest BCUT2D eigenvalue weighted by atomic mass is 9.70. The summed E-state index contributed by atoms with van der Waals surface area (Å²) in [4.78, 5) is 2.77. The summed E-state index contributed by atoms with van der Waals surface area (Å²) in [6.07, 6.45) is 9.96. The van der Waals surface area contributed by atoms with Crippen molar-refractivity contribution in [3.8, 4) is 0 Å². The van der Waals surface area contributed by atoms with Crippen LogP contribution in [0.15, 0.2) is 0 Å². The second kappa shape index (κ2) is 5.48. The lowest BCUT2D eigenvalue weighted by molar-refractivity contribution is -0.0499. The molecule has 0 spiro atoms. The maximum atomic E-state index is 5.56. The Kier molecular flexibility index (Phi) is 3.92. The van der Waals surface area contributed by atoms with Gasteiger partial charge in [-0.25, -0.2) is 0 Å². The van der Waals surface area contributed by atoms with Crippen molar-refractivity contribution in [1.29, 1.82) is 0 Å². The van der Waals surface area contributed by atoms with Gasteiger partial charge in [-0.2, -0.15) is 0 Å². The van der Waals surface area contributed by atoms with Crippen LogP contribution in [-0.2, 0) is 4.74 Å². The fourth-order valence-corrected chi connectivity index (χ4v) is 4.54. The summed E-state index contributed by atoms with van der Waals surface area (Å²) in [5.74, 6) is 0.927. The summed E-state index contributed by atoms with van der Waals surface area (Å²) in [6, 6.07) is 0.715. The van der Waals surface area contributed by atoms with Crippen molar-refractivity contribution < 1.29 is 4.74 Å². The Morgan fingerprint density at radius 1 is 1.11 bits per heavy atom. The van der Waals surface area contributed by atoms with E-state index in [9.17, 15) is 0 Å². The van der Waals surface area contributed by atoms with Crippen LogP contribution in [-0.4, -0.2) is 49.8 Å². The third kappa shape index (κ3) is 2.10. The van der Waals surface area contributed by atoms with Crippen molar-refractivity contribution in [2.75, 3.05) is 33.4 Å². The number of hydrogen-bond donors (Lipinski definition) is 1. The molecule has 18 heavy (non-hydrogen) atoms. The maximum absolute atomic E-state index is 5.56. The molecule has 3 aliphatic rings. The molecule has 2 aliphatic carbocycles. The molecule has 3 heteroatoms. The van der Waals surface area contributed by atoms with Gasteiger partial charge in [0, 0.05) is 24.7 Å². The van der Waals surface area contributed by atoms with Crippen LogP contribution in [0.25, 0.3) is 0 Å². The first-order valence-corrected chi connectivity index (χ1v) is 7.87. The van der Waals surface area contributed by atoms with Crippen LogP contribution in [0.4, 0.5) is 0 Å². The summed E-state index contributed by atoms with van der Waals surface area (Å²) in [5, 5.41) is 3.70. The summed E-state index contributed by atoms with van der Waals surface area (Å²) < 4.78 is 5.56. The number of rotatable bonds is 4. The predicted molar refractivity (Wildman–Crippen MR) is 73.8 cm³/mol. The molecular weight excluding hydrogens is 224 g/mol. The number of morpholine rings is 1. The minimum atomic E-state index is 0.448. The molecule has 1 aliphatic heterocycles. The van der Waals surface area contributed by atoms with E-state index in [0.717, 1.165) is 32.2 Å². The minimum Gasteiger partial charge on any atom is -0.379 e. The van der Waals surface area contributed by atoms with Gasteiger partial charge in [-0.05, 0) is 38.6 Å². The van der Waals surface area contributed by atoms with Crippen molar-refractivity contribution in [2.24, 2.45) is 5.92 Å². The van der Waals surface area contributed by atoms with Crippen LogP contribution in [0.1, 0.15) is 44.9 Å². The SMILES string of the molecule is CNC(C1CCC1)C1(N2CCOCC2)CCCC1. The highest BCUT2D eigenvalue weighted by Gasteiger charge is 2.49. The van der Waals surface area contributed by atoms with Crippen molar-refractivity contribution in [3.63, 3.8) is 0 Å². The van der Waals surface area contributed by atoms with Crippen LogP contribution < -0.4 is 5.32 Å². The molecule has 0 radical (unpaired) electrons. The van der Waals surface area contributed by atoms with E-state index >= 15 is 0 Å². The van der Waals surface area contributed by atoms with Crippen LogP contribution >= 0.6 is 0 Å². The van der Waals surface area contributed by atoms with Gasteiger partial charge in [-0.15, -0.1) is 0 Å². The molecule has 0 amide bonds. The molecule has 2 saturated carbocycles. The number of ether oxygens (including phenoxy) is 1. The molecule has 1 saturated heterocycles. The van der Waals surface area contributed by atoms with Gasteiger partial charge >= 0.3 is 0 Å². The van der Waals surface area contributed by atoms with E-state index in [1.165, 1.54) is 44.9 Å². The van der Waals surface area contributed by atoms with E-state index in [0.29, 0.717) is 11.6 Å². The molecule has 104 valence electrons. The van der Waals surface area contributed by atoms with E-state index in [1.807, 2.05) is 0 Å². The maximum Gasteiger partial charge on any atom is 0.0594 e. The van der Waals surface area contributed by atoms with Gasteiger partial charge < -0.3 is 10.1 Å². The van der Waals surface area contributed by atoms with E-state index in [4.69, 9.17) is 4.74 Å². The number of hydrogen-bond acceptors (Lipinski definition) is 3. The van der Waals surface area contributed by atoms with Gasteiger partial charge in [0.05, 0.1) is 13.2 Å². The Balaban J connectivity index is 1.79. The Morgan fingerprint density at radius 3 is 2.28 bits per heavy atom. The highest BCUT2D eigenvalue weighted by atomic mass is 16.5. The summed E-state index contributed by atoms with van der Waals surface area (Å²) in [7, 11) is 2.18. The summed E-state index contributed by atoms with van der Waals surface area (Å²) >= 11 is 0. The normalized spacial score (nSPS) is 31.2. The molecule has 1 unspecified atom stereocenters. The van der Waals surface area contributed by atoms with Gasteiger partial charge in [-0.3, -0.25) is 4.90 Å². The standard InChI is InChI=1S/C15H28N2O/c1-16-14(13-5-4-6-13)15(7-2-3-8-15)17-9-11-18-12-10-17/h13-14,16H,2-12H2,1H3. The molecular formula is C15H28N2O. The quantitative estimate of drug-likeness (QED) is 0.828. The van der Waals surface area contributed by atoms with Gasteiger partial charge in [0.25, 0.3) is 0 Å². The van der Waals surface area contributed by atoms with Crippen LogP contribution in [0.2, 0.25) is 0 Å². The van der Waals surface area contributed by atoms with E-state index < -0.39 is 0 Å². The lowest BCUT2D eigenvalue weighted by Crippen LogP contribution is -2.64. The fourth-order valence-electron chi connectivity index (χ4n) is 4.54. The topological polar surface area (TPSA) is 24.5 Å². The van der Waals surface area contributed by atoms with Crippen molar-refractivity contribution in [3.05, 3.63) is 0 Å². The van der Waals surface area contributed by atoms with Crippen LogP contribution in [0, 0.1) is 5.92 Å².